The zero-order valence-corrected chi connectivity index (χ0v) is 20.5. The first-order valence-corrected chi connectivity index (χ1v) is 10.5. The van der Waals surface area contributed by atoms with Gasteiger partial charge in [-0.05, 0) is 44.1 Å². The van der Waals surface area contributed by atoms with Gasteiger partial charge in [-0.2, -0.15) is 13.2 Å². The zero-order chi connectivity index (χ0) is 20.8. The summed E-state index contributed by atoms with van der Waals surface area (Å²) in [4.78, 5) is 6.12. The molecule has 2 aliphatic heterocycles. The maximum Gasteiger partial charge on any atom is 0.401 e. The van der Waals surface area contributed by atoms with Gasteiger partial charge in [-0.25, -0.2) is 0 Å². The smallest absolute Gasteiger partial charge is 0.377 e. The SMILES string of the molecule is CCNC(=NCC1CCN(CC(F)(F)F)C1)NCC1CCCOC1C(C)(C)C.I. The molecule has 2 rings (SSSR count). The molecule has 3 atom stereocenters. The molecule has 0 radical (unpaired) electrons. The summed E-state index contributed by atoms with van der Waals surface area (Å²) in [7, 11) is 0. The third kappa shape index (κ3) is 9.59. The Kier molecular flexibility index (Phi) is 11.0. The highest BCUT2D eigenvalue weighted by molar-refractivity contribution is 14.0. The van der Waals surface area contributed by atoms with Gasteiger partial charge < -0.3 is 15.4 Å². The van der Waals surface area contributed by atoms with Crippen molar-refractivity contribution >= 4 is 29.9 Å². The Morgan fingerprint density at radius 2 is 1.90 bits per heavy atom. The predicted molar refractivity (Wildman–Crippen MR) is 122 cm³/mol. The van der Waals surface area contributed by atoms with Gasteiger partial charge in [0.15, 0.2) is 5.96 Å². The van der Waals surface area contributed by atoms with Crippen molar-refractivity contribution < 1.29 is 17.9 Å². The second-order valence-corrected chi connectivity index (χ2v) is 9.17. The lowest BCUT2D eigenvalue weighted by molar-refractivity contribution is -0.143. The van der Waals surface area contributed by atoms with Crippen LogP contribution in [0.3, 0.4) is 0 Å². The molecule has 2 fully saturated rings. The molecule has 2 N–H and O–H groups in total. The van der Waals surface area contributed by atoms with Crippen LogP contribution in [0.4, 0.5) is 13.2 Å². The molecule has 0 saturated carbocycles. The second kappa shape index (κ2) is 11.9. The first-order chi connectivity index (χ1) is 13.1. The van der Waals surface area contributed by atoms with E-state index in [1.54, 1.807) is 0 Å². The minimum Gasteiger partial charge on any atom is -0.377 e. The summed E-state index contributed by atoms with van der Waals surface area (Å²) in [6.07, 6.45) is -0.947. The van der Waals surface area contributed by atoms with Crippen LogP contribution < -0.4 is 10.6 Å². The first-order valence-electron chi connectivity index (χ1n) is 10.5. The molecule has 172 valence electrons. The van der Waals surface area contributed by atoms with Crippen LogP contribution in [0.1, 0.15) is 47.0 Å². The normalized spacial score (nSPS) is 26.9. The van der Waals surface area contributed by atoms with Gasteiger partial charge >= 0.3 is 6.18 Å². The Morgan fingerprint density at radius 1 is 1.17 bits per heavy atom. The van der Waals surface area contributed by atoms with Crippen LogP contribution in [0.15, 0.2) is 4.99 Å². The first kappa shape index (κ1) is 26.7. The highest BCUT2D eigenvalue weighted by Gasteiger charge is 2.36. The van der Waals surface area contributed by atoms with Gasteiger partial charge in [0.05, 0.1) is 12.6 Å². The summed E-state index contributed by atoms with van der Waals surface area (Å²) in [5.74, 6) is 1.35. The van der Waals surface area contributed by atoms with E-state index in [0.29, 0.717) is 25.6 Å². The number of hydrogen-bond donors (Lipinski definition) is 2. The minimum absolute atomic E-state index is 0. The van der Waals surface area contributed by atoms with Crippen molar-refractivity contribution in [2.75, 3.05) is 45.9 Å². The molecule has 3 unspecified atom stereocenters. The highest BCUT2D eigenvalue weighted by Crippen LogP contribution is 2.33. The molecule has 0 aromatic rings. The Morgan fingerprint density at radius 3 is 2.52 bits per heavy atom. The van der Waals surface area contributed by atoms with E-state index in [0.717, 1.165) is 44.9 Å². The van der Waals surface area contributed by atoms with Crippen molar-refractivity contribution in [1.82, 2.24) is 15.5 Å². The van der Waals surface area contributed by atoms with E-state index in [4.69, 9.17) is 4.74 Å². The number of rotatable bonds is 6. The van der Waals surface area contributed by atoms with E-state index >= 15 is 0 Å². The van der Waals surface area contributed by atoms with Gasteiger partial charge in [0.2, 0.25) is 0 Å². The summed E-state index contributed by atoms with van der Waals surface area (Å²) in [5.41, 5.74) is 0.0913. The van der Waals surface area contributed by atoms with E-state index < -0.39 is 12.7 Å². The number of likely N-dealkylation sites (tertiary alicyclic amines) is 1. The number of aliphatic imine (C=N–C) groups is 1. The number of guanidine groups is 1. The summed E-state index contributed by atoms with van der Waals surface area (Å²) < 4.78 is 43.7. The van der Waals surface area contributed by atoms with Gasteiger partial charge in [0, 0.05) is 38.7 Å². The van der Waals surface area contributed by atoms with Crippen LogP contribution in [0.25, 0.3) is 0 Å². The summed E-state index contributed by atoms with van der Waals surface area (Å²) >= 11 is 0. The minimum atomic E-state index is -4.12. The zero-order valence-electron chi connectivity index (χ0n) is 18.1. The fraction of sp³-hybridized carbons (Fsp3) is 0.950. The van der Waals surface area contributed by atoms with E-state index in [2.05, 4.69) is 36.4 Å². The molecular weight excluding hydrogens is 496 g/mol. The van der Waals surface area contributed by atoms with E-state index in [-0.39, 0.29) is 41.4 Å². The number of nitrogens with one attached hydrogen (secondary N) is 2. The monoisotopic (exact) mass is 534 g/mol. The third-order valence-electron chi connectivity index (χ3n) is 5.45. The van der Waals surface area contributed by atoms with Gasteiger partial charge in [-0.15, -0.1) is 24.0 Å². The van der Waals surface area contributed by atoms with Crippen LogP contribution in [0.5, 0.6) is 0 Å². The van der Waals surface area contributed by atoms with Crippen molar-refractivity contribution in [1.29, 1.82) is 0 Å². The van der Waals surface area contributed by atoms with Crippen molar-refractivity contribution in [2.45, 2.75) is 59.2 Å². The van der Waals surface area contributed by atoms with Crippen molar-refractivity contribution in [3.63, 3.8) is 0 Å². The summed E-state index contributed by atoms with van der Waals surface area (Å²) in [5, 5.41) is 6.68. The average Bonchev–Trinajstić information content (AvgIpc) is 3.02. The van der Waals surface area contributed by atoms with E-state index in [9.17, 15) is 13.2 Å². The van der Waals surface area contributed by atoms with Crippen LogP contribution >= 0.6 is 24.0 Å². The molecule has 0 bridgehead atoms. The molecule has 2 heterocycles. The molecule has 0 amide bonds. The lowest BCUT2D eigenvalue weighted by atomic mass is 9.78. The lowest BCUT2D eigenvalue weighted by Gasteiger charge is -2.40. The molecular formula is C20H38F3IN4O. The molecule has 0 aromatic carbocycles. The summed E-state index contributed by atoms with van der Waals surface area (Å²) in [6.45, 7) is 11.7. The number of alkyl halides is 3. The number of nitrogens with zero attached hydrogens (tertiary/aromatic N) is 2. The number of halogens is 4. The van der Waals surface area contributed by atoms with Gasteiger partial charge in [0.1, 0.15) is 0 Å². The Bertz CT molecular complexity index is 511. The average molecular weight is 534 g/mol. The van der Waals surface area contributed by atoms with Crippen LogP contribution in [-0.4, -0.2) is 69.0 Å². The topological polar surface area (TPSA) is 48.9 Å². The Labute approximate surface area is 190 Å². The standard InChI is InChI=1S/C20H37F3N4O.HI/c1-5-24-18(25-11-15-8-9-27(13-15)14-20(21,22)23)26-12-16-7-6-10-28-17(16)19(2,3)4;/h15-17H,5-14H2,1-4H3,(H2,24,25,26);1H. The van der Waals surface area contributed by atoms with Crippen LogP contribution in [-0.2, 0) is 4.74 Å². The lowest BCUT2D eigenvalue weighted by Crippen LogP contribution is -2.47. The Hall–Kier alpha value is -0.290. The van der Waals surface area contributed by atoms with Crippen molar-refractivity contribution in [3.8, 4) is 0 Å². The molecule has 2 saturated heterocycles. The summed E-state index contributed by atoms with van der Waals surface area (Å²) in [6, 6.07) is 0. The molecule has 5 nitrogen and oxygen atoms in total. The fourth-order valence-corrected chi connectivity index (χ4v) is 4.26. The van der Waals surface area contributed by atoms with E-state index in [1.165, 1.54) is 4.90 Å². The van der Waals surface area contributed by atoms with E-state index in [1.807, 2.05) is 6.92 Å². The van der Waals surface area contributed by atoms with Gasteiger partial charge in [0.25, 0.3) is 0 Å². The molecule has 2 aliphatic rings. The highest BCUT2D eigenvalue weighted by atomic mass is 127. The number of hydrogen-bond acceptors (Lipinski definition) is 3. The molecule has 0 spiro atoms. The van der Waals surface area contributed by atoms with Crippen LogP contribution in [0.2, 0.25) is 0 Å². The maximum atomic E-state index is 12.5. The molecule has 0 aromatic heterocycles. The Balaban J connectivity index is 0.00000420. The largest absolute Gasteiger partial charge is 0.401 e. The third-order valence-corrected chi connectivity index (χ3v) is 5.45. The fourth-order valence-electron chi connectivity index (χ4n) is 4.26. The van der Waals surface area contributed by atoms with Crippen LogP contribution in [0, 0.1) is 17.3 Å². The second-order valence-electron chi connectivity index (χ2n) is 9.17. The molecule has 9 heteroatoms. The quantitative estimate of drug-likeness (QED) is 0.309. The molecule has 0 aliphatic carbocycles. The van der Waals surface area contributed by atoms with Crippen molar-refractivity contribution in [3.05, 3.63) is 0 Å². The van der Waals surface area contributed by atoms with Crippen molar-refractivity contribution in [2.24, 2.45) is 22.2 Å². The predicted octanol–water partition coefficient (Wildman–Crippen LogP) is 3.89. The maximum absolute atomic E-state index is 12.5. The van der Waals surface area contributed by atoms with Gasteiger partial charge in [-0.3, -0.25) is 9.89 Å². The number of ether oxygens (including phenoxy) is 1. The van der Waals surface area contributed by atoms with Gasteiger partial charge in [-0.1, -0.05) is 20.8 Å². The molecule has 29 heavy (non-hydrogen) atoms.